The van der Waals surface area contributed by atoms with Crippen LogP contribution in [0.1, 0.15) is 134 Å². The van der Waals surface area contributed by atoms with Crippen molar-refractivity contribution in [3.63, 3.8) is 0 Å². The third kappa shape index (κ3) is 12.0. The summed E-state index contributed by atoms with van der Waals surface area (Å²) in [6, 6.07) is 0. The Hall–Kier alpha value is -0.160. The van der Waals surface area contributed by atoms with Crippen LogP contribution >= 0.6 is 0 Å². The van der Waals surface area contributed by atoms with Crippen LogP contribution in [-0.2, 0) is 19.6 Å². The third-order valence-electron chi connectivity index (χ3n) is 5.83. The standard InChI is InChI=1S/C19H36O2.C8H18O2/c1-15-12-16(14-18(5,6)13-15)19(10-8-7-9-11-19)21-20-17(2,3)4;1-7(2,3)9-10-8(4,5)6/h15-16H,7-14H2,1-6H3;1-6H3. The summed E-state index contributed by atoms with van der Waals surface area (Å²) >= 11 is 0. The zero-order valence-electron chi connectivity index (χ0n) is 22.9. The number of rotatable bonds is 4. The van der Waals surface area contributed by atoms with Gasteiger partial charge in [-0.3, -0.25) is 0 Å². The van der Waals surface area contributed by atoms with Gasteiger partial charge in [-0.05, 0) is 112 Å². The second kappa shape index (κ2) is 10.8. The van der Waals surface area contributed by atoms with Crippen molar-refractivity contribution in [1.82, 2.24) is 0 Å². The fourth-order valence-electron chi connectivity index (χ4n) is 4.91. The average Bonchev–Trinajstić information content (AvgIpc) is 2.56. The van der Waals surface area contributed by atoms with E-state index in [2.05, 4.69) is 41.5 Å². The lowest BCUT2D eigenvalue weighted by atomic mass is 9.61. The molecule has 2 aliphatic carbocycles. The molecule has 2 saturated carbocycles. The Kier molecular flexibility index (Phi) is 10.1. The first-order valence-electron chi connectivity index (χ1n) is 12.6. The highest BCUT2D eigenvalue weighted by Gasteiger charge is 2.47. The van der Waals surface area contributed by atoms with E-state index in [-0.39, 0.29) is 22.4 Å². The van der Waals surface area contributed by atoms with E-state index in [0.717, 1.165) is 5.92 Å². The molecule has 0 aromatic carbocycles. The summed E-state index contributed by atoms with van der Waals surface area (Å²) in [5.74, 6) is 1.45. The van der Waals surface area contributed by atoms with Crippen molar-refractivity contribution in [3.8, 4) is 0 Å². The lowest BCUT2D eigenvalue weighted by Crippen LogP contribution is -2.48. The van der Waals surface area contributed by atoms with Crippen LogP contribution in [0.25, 0.3) is 0 Å². The fourth-order valence-corrected chi connectivity index (χ4v) is 4.91. The topological polar surface area (TPSA) is 36.9 Å². The molecule has 0 heterocycles. The molecule has 4 nitrogen and oxygen atoms in total. The first-order chi connectivity index (χ1) is 13.8. The molecule has 2 atom stereocenters. The molecular formula is C27H54O4. The molecule has 4 heteroatoms. The molecule has 31 heavy (non-hydrogen) atoms. The highest BCUT2D eigenvalue weighted by molar-refractivity contribution is 4.96. The van der Waals surface area contributed by atoms with E-state index in [0.29, 0.717) is 11.3 Å². The highest BCUT2D eigenvalue weighted by Crippen LogP contribution is 2.51. The molecule has 2 fully saturated rings. The summed E-state index contributed by atoms with van der Waals surface area (Å²) < 4.78 is 0. The monoisotopic (exact) mass is 442 g/mol. The summed E-state index contributed by atoms with van der Waals surface area (Å²) in [4.78, 5) is 22.2. The van der Waals surface area contributed by atoms with Crippen LogP contribution in [0.15, 0.2) is 0 Å². The van der Waals surface area contributed by atoms with Gasteiger partial charge in [-0.25, -0.2) is 19.6 Å². The van der Waals surface area contributed by atoms with Crippen LogP contribution in [0.4, 0.5) is 0 Å². The molecule has 0 saturated heterocycles. The Labute approximate surface area is 194 Å². The lowest BCUT2D eigenvalue weighted by molar-refractivity contribution is -0.421. The van der Waals surface area contributed by atoms with Crippen molar-refractivity contribution in [1.29, 1.82) is 0 Å². The van der Waals surface area contributed by atoms with Crippen LogP contribution in [0.5, 0.6) is 0 Å². The van der Waals surface area contributed by atoms with Crippen LogP contribution in [0.2, 0.25) is 0 Å². The summed E-state index contributed by atoms with van der Waals surface area (Å²) in [6.45, 7) is 25.2. The molecule has 0 bridgehead atoms. The van der Waals surface area contributed by atoms with Gasteiger partial charge in [0, 0.05) is 0 Å². The maximum absolute atomic E-state index is 6.22. The lowest BCUT2D eigenvalue weighted by Gasteiger charge is -2.49. The van der Waals surface area contributed by atoms with E-state index in [1.807, 2.05) is 41.5 Å². The predicted octanol–water partition coefficient (Wildman–Crippen LogP) is 8.43. The zero-order valence-corrected chi connectivity index (χ0v) is 22.9. The van der Waals surface area contributed by atoms with E-state index < -0.39 is 0 Å². The van der Waals surface area contributed by atoms with E-state index in [4.69, 9.17) is 19.6 Å². The van der Waals surface area contributed by atoms with Crippen LogP contribution < -0.4 is 0 Å². The minimum absolute atomic E-state index is 0.0303. The van der Waals surface area contributed by atoms with Gasteiger partial charge < -0.3 is 0 Å². The van der Waals surface area contributed by atoms with Gasteiger partial charge in [-0.15, -0.1) is 0 Å². The Morgan fingerprint density at radius 2 is 1.10 bits per heavy atom. The third-order valence-corrected chi connectivity index (χ3v) is 5.83. The summed E-state index contributed by atoms with van der Waals surface area (Å²) in [5.41, 5.74) is -0.240. The minimum Gasteiger partial charge on any atom is -0.230 e. The Balaban J connectivity index is 0.000000407. The Bertz CT molecular complexity index is 499. The number of hydrogen-bond donors (Lipinski definition) is 0. The first-order valence-corrected chi connectivity index (χ1v) is 12.6. The quantitative estimate of drug-likeness (QED) is 0.323. The van der Waals surface area contributed by atoms with Crippen LogP contribution in [0.3, 0.4) is 0 Å². The van der Waals surface area contributed by atoms with Gasteiger partial charge in [-0.2, -0.15) is 0 Å². The van der Waals surface area contributed by atoms with Crippen LogP contribution in [0, 0.1) is 17.3 Å². The molecule has 0 radical (unpaired) electrons. The highest BCUT2D eigenvalue weighted by atomic mass is 17.2. The molecule has 2 aliphatic rings. The summed E-state index contributed by atoms with van der Waals surface area (Å²) in [5, 5.41) is 0. The molecule has 2 rings (SSSR count). The molecule has 0 aromatic heterocycles. The Morgan fingerprint density at radius 1 is 0.645 bits per heavy atom. The first kappa shape index (κ1) is 28.9. The van der Waals surface area contributed by atoms with Crippen molar-refractivity contribution in [2.45, 2.75) is 157 Å². The smallest absolute Gasteiger partial charge is 0.106 e. The molecule has 0 aliphatic heterocycles. The Morgan fingerprint density at radius 3 is 1.48 bits per heavy atom. The van der Waals surface area contributed by atoms with Gasteiger partial charge in [0.15, 0.2) is 0 Å². The molecule has 0 spiro atoms. The van der Waals surface area contributed by atoms with Crippen molar-refractivity contribution in [2.24, 2.45) is 17.3 Å². The largest absolute Gasteiger partial charge is 0.230 e. The molecular weight excluding hydrogens is 388 g/mol. The van der Waals surface area contributed by atoms with Gasteiger partial charge in [0.2, 0.25) is 0 Å². The van der Waals surface area contributed by atoms with Crippen molar-refractivity contribution in [3.05, 3.63) is 0 Å². The van der Waals surface area contributed by atoms with Crippen molar-refractivity contribution >= 4 is 0 Å². The van der Waals surface area contributed by atoms with E-state index in [1.165, 1.54) is 51.4 Å². The van der Waals surface area contributed by atoms with Gasteiger partial charge in [-0.1, -0.05) is 40.0 Å². The molecule has 2 unspecified atom stereocenters. The van der Waals surface area contributed by atoms with E-state index >= 15 is 0 Å². The zero-order chi connectivity index (χ0) is 24.1. The maximum atomic E-state index is 6.22. The minimum atomic E-state index is -0.222. The SMILES string of the molecule is CC(C)(C)OOC(C)(C)C.CC1CC(C2(OOC(C)(C)C)CCCCC2)CC(C)(C)C1. The fraction of sp³-hybridized carbons (Fsp3) is 1.00. The van der Waals surface area contributed by atoms with Gasteiger partial charge in [0.1, 0.15) is 5.60 Å². The van der Waals surface area contributed by atoms with Crippen LogP contribution in [-0.4, -0.2) is 22.4 Å². The summed E-state index contributed by atoms with van der Waals surface area (Å²) in [6.07, 6.45) is 10.2. The molecule has 0 aromatic rings. The van der Waals surface area contributed by atoms with Gasteiger partial charge >= 0.3 is 0 Å². The second-order valence-electron chi connectivity index (χ2n) is 13.9. The average molecular weight is 443 g/mol. The summed E-state index contributed by atoms with van der Waals surface area (Å²) in [7, 11) is 0. The van der Waals surface area contributed by atoms with E-state index in [9.17, 15) is 0 Å². The van der Waals surface area contributed by atoms with Crippen molar-refractivity contribution < 1.29 is 19.6 Å². The van der Waals surface area contributed by atoms with Crippen molar-refractivity contribution in [2.75, 3.05) is 0 Å². The normalized spacial score (nSPS) is 26.7. The van der Waals surface area contributed by atoms with Gasteiger partial charge in [0.05, 0.1) is 16.8 Å². The predicted molar refractivity (Wildman–Crippen MR) is 130 cm³/mol. The van der Waals surface area contributed by atoms with Gasteiger partial charge in [0.25, 0.3) is 0 Å². The molecule has 0 amide bonds. The molecule has 0 N–H and O–H groups in total. The number of hydrogen-bond acceptors (Lipinski definition) is 4. The second-order valence-corrected chi connectivity index (χ2v) is 13.9. The van der Waals surface area contributed by atoms with E-state index in [1.54, 1.807) is 0 Å². The maximum Gasteiger partial charge on any atom is 0.106 e. The molecule has 186 valence electrons.